The van der Waals surface area contributed by atoms with Crippen LogP contribution in [0.5, 0.6) is 5.75 Å². The van der Waals surface area contributed by atoms with Gasteiger partial charge in [0.25, 0.3) is 0 Å². The number of ether oxygens (including phenoxy) is 1. The van der Waals surface area contributed by atoms with Crippen LogP contribution in [0, 0.1) is 17.0 Å². The van der Waals surface area contributed by atoms with Crippen molar-refractivity contribution in [2.24, 2.45) is 0 Å². The summed E-state index contributed by atoms with van der Waals surface area (Å²) in [6.45, 7) is 1.89. The molecule has 0 aliphatic carbocycles. The topological polar surface area (TPSA) is 102 Å². The first-order chi connectivity index (χ1) is 10.1. The number of aryl methyl sites for hydroxylation is 1. The maximum absolute atomic E-state index is 11.2. The number of nitrogens with one attached hydrogen (secondary N) is 2. The van der Waals surface area contributed by atoms with Gasteiger partial charge in [-0.15, -0.1) is 0 Å². The molecule has 0 amide bonds. The lowest BCUT2D eigenvalue weighted by Crippen LogP contribution is -2.05. The van der Waals surface area contributed by atoms with Gasteiger partial charge in [0.1, 0.15) is 12.1 Å². The first-order valence-electron chi connectivity index (χ1n) is 6.15. The lowest BCUT2D eigenvalue weighted by molar-refractivity contribution is -0.383. The van der Waals surface area contributed by atoms with Crippen molar-refractivity contribution in [3.8, 4) is 5.75 Å². The van der Waals surface area contributed by atoms with Crippen LogP contribution in [0.15, 0.2) is 24.5 Å². The van der Waals surface area contributed by atoms with Crippen molar-refractivity contribution in [2.45, 2.75) is 6.92 Å². The van der Waals surface area contributed by atoms with Crippen molar-refractivity contribution < 1.29 is 9.66 Å². The molecule has 0 spiro atoms. The predicted molar refractivity (Wildman–Crippen MR) is 79.2 cm³/mol. The second-order valence-corrected chi connectivity index (χ2v) is 4.24. The normalized spacial score (nSPS) is 10.0. The van der Waals surface area contributed by atoms with Crippen molar-refractivity contribution in [3.63, 3.8) is 0 Å². The lowest BCUT2D eigenvalue weighted by atomic mass is 10.2. The van der Waals surface area contributed by atoms with Crippen LogP contribution in [-0.2, 0) is 0 Å². The second-order valence-electron chi connectivity index (χ2n) is 4.24. The highest BCUT2D eigenvalue weighted by Crippen LogP contribution is 2.31. The summed E-state index contributed by atoms with van der Waals surface area (Å²) in [7, 11) is 3.15. The molecule has 0 fully saturated rings. The fourth-order valence-corrected chi connectivity index (χ4v) is 1.92. The molecule has 110 valence electrons. The van der Waals surface area contributed by atoms with Gasteiger partial charge in [0, 0.05) is 12.7 Å². The summed E-state index contributed by atoms with van der Waals surface area (Å²) in [5, 5.41) is 16.8. The first-order valence-corrected chi connectivity index (χ1v) is 6.15. The van der Waals surface area contributed by atoms with Gasteiger partial charge in [-0.25, -0.2) is 9.97 Å². The first kappa shape index (κ1) is 14.5. The number of nitrogens with zero attached hydrogens (tertiary/aromatic N) is 3. The van der Waals surface area contributed by atoms with E-state index in [1.54, 1.807) is 26.3 Å². The monoisotopic (exact) mass is 289 g/mol. The zero-order chi connectivity index (χ0) is 15.4. The molecule has 2 N–H and O–H groups in total. The molecule has 0 unspecified atom stereocenters. The number of hydrogen-bond acceptors (Lipinski definition) is 7. The number of nitro groups is 1. The van der Waals surface area contributed by atoms with Gasteiger partial charge in [0.15, 0.2) is 0 Å². The molecule has 2 rings (SSSR count). The minimum atomic E-state index is -0.523. The Morgan fingerprint density at radius 2 is 2.00 bits per heavy atom. The number of rotatable bonds is 5. The van der Waals surface area contributed by atoms with Crippen LogP contribution in [0.3, 0.4) is 0 Å². The van der Waals surface area contributed by atoms with Crippen LogP contribution in [0.1, 0.15) is 5.56 Å². The lowest BCUT2D eigenvalue weighted by Gasteiger charge is -2.10. The molecule has 0 aliphatic heterocycles. The van der Waals surface area contributed by atoms with E-state index in [-0.39, 0.29) is 17.3 Å². The zero-order valence-corrected chi connectivity index (χ0v) is 11.9. The molecule has 0 saturated heterocycles. The van der Waals surface area contributed by atoms with Gasteiger partial charge in [-0.3, -0.25) is 10.1 Å². The van der Waals surface area contributed by atoms with E-state index in [4.69, 9.17) is 4.74 Å². The van der Waals surface area contributed by atoms with E-state index < -0.39 is 4.92 Å². The number of methoxy groups -OCH3 is 1. The third-order valence-corrected chi connectivity index (χ3v) is 2.90. The molecular weight excluding hydrogens is 274 g/mol. The number of aromatic nitrogens is 2. The van der Waals surface area contributed by atoms with Gasteiger partial charge in [-0.2, -0.15) is 0 Å². The fraction of sp³-hybridized carbons (Fsp3) is 0.231. The Morgan fingerprint density at radius 3 is 2.57 bits per heavy atom. The highest BCUT2D eigenvalue weighted by Gasteiger charge is 2.22. The molecule has 0 bridgehead atoms. The number of anilines is 3. The highest BCUT2D eigenvalue weighted by atomic mass is 16.6. The summed E-state index contributed by atoms with van der Waals surface area (Å²) in [4.78, 5) is 18.4. The molecule has 0 radical (unpaired) electrons. The molecule has 0 saturated carbocycles. The van der Waals surface area contributed by atoms with E-state index >= 15 is 0 Å². The Bertz CT molecular complexity index is 675. The maximum atomic E-state index is 11.2. The molecule has 21 heavy (non-hydrogen) atoms. The summed E-state index contributed by atoms with van der Waals surface area (Å²) < 4.78 is 5.18. The van der Waals surface area contributed by atoms with Crippen LogP contribution in [0.25, 0.3) is 0 Å². The van der Waals surface area contributed by atoms with Gasteiger partial charge in [-0.05, 0) is 30.7 Å². The van der Waals surface area contributed by atoms with E-state index in [0.717, 1.165) is 11.3 Å². The molecule has 8 heteroatoms. The third-order valence-electron chi connectivity index (χ3n) is 2.90. The van der Waals surface area contributed by atoms with Gasteiger partial charge >= 0.3 is 5.69 Å². The largest absolute Gasteiger partial charge is 0.496 e. The smallest absolute Gasteiger partial charge is 0.353 e. The minimum Gasteiger partial charge on any atom is -0.496 e. The average Bonchev–Trinajstić information content (AvgIpc) is 2.46. The average molecular weight is 289 g/mol. The van der Waals surface area contributed by atoms with E-state index in [0.29, 0.717) is 5.69 Å². The van der Waals surface area contributed by atoms with Crippen LogP contribution in [-0.4, -0.2) is 29.0 Å². The Labute approximate surface area is 121 Å². The van der Waals surface area contributed by atoms with Crippen molar-refractivity contribution in [2.75, 3.05) is 24.8 Å². The molecule has 2 aromatic rings. The third kappa shape index (κ3) is 2.99. The molecule has 0 aliphatic rings. The molecule has 1 aromatic heterocycles. The number of hydrogen-bond donors (Lipinski definition) is 2. The van der Waals surface area contributed by atoms with Crippen LogP contribution >= 0.6 is 0 Å². The van der Waals surface area contributed by atoms with E-state index in [2.05, 4.69) is 20.6 Å². The fourth-order valence-electron chi connectivity index (χ4n) is 1.92. The SMILES string of the molecule is CNc1ncnc(Nc2ccc(OC)c(C)c2)c1[N+](=O)[O-]. The van der Waals surface area contributed by atoms with Crippen LogP contribution in [0.2, 0.25) is 0 Å². The highest BCUT2D eigenvalue weighted by molar-refractivity contribution is 5.74. The van der Waals surface area contributed by atoms with Gasteiger partial charge in [0.2, 0.25) is 11.6 Å². The summed E-state index contributed by atoms with van der Waals surface area (Å²) in [6, 6.07) is 5.37. The molecule has 1 aromatic carbocycles. The van der Waals surface area contributed by atoms with Crippen molar-refractivity contribution in [1.29, 1.82) is 0 Å². The van der Waals surface area contributed by atoms with E-state index in [9.17, 15) is 10.1 Å². The Hall–Kier alpha value is -2.90. The van der Waals surface area contributed by atoms with Crippen molar-refractivity contribution in [1.82, 2.24) is 9.97 Å². The molecular formula is C13H15N5O3. The van der Waals surface area contributed by atoms with E-state index in [1.165, 1.54) is 6.33 Å². The summed E-state index contributed by atoms with van der Waals surface area (Å²) in [5.74, 6) is 1.03. The summed E-state index contributed by atoms with van der Waals surface area (Å²) >= 11 is 0. The predicted octanol–water partition coefficient (Wildman–Crippen LogP) is 2.49. The summed E-state index contributed by atoms with van der Waals surface area (Å²) in [6.07, 6.45) is 1.26. The standard InChI is InChI=1S/C13H15N5O3/c1-8-6-9(4-5-10(8)21-3)17-13-11(18(19)20)12(14-2)15-7-16-13/h4-7H,1-3H3,(H2,14,15,16,17). The Kier molecular flexibility index (Phi) is 4.17. The van der Waals surface area contributed by atoms with E-state index in [1.807, 2.05) is 13.0 Å². The Balaban J connectivity index is 2.40. The summed E-state index contributed by atoms with van der Waals surface area (Å²) in [5.41, 5.74) is 1.39. The van der Waals surface area contributed by atoms with Gasteiger partial charge in [0.05, 0.1) is 12.0 Å². The van der Waals surface area contributed by atoms with Crippen LogP contribution in [0.4, 0.5) is 23.0 Å². The van der Waals surface area contributed by atoms with Crippen molar-refractivity contribution in [3.05, 3.63) is 40.2 Å². The second kappa shape index (κ2) is 6.04. The molecule has 8 nitrogen and oxygen atoms in total. The Morgan fingerprint density at radius 1 is 1.29 bits per heavy atom. The maximum Gasteiger partial charge on any atom is 0.353 e. The van der Waals surface area contributed by atoms with Crippen molar-refractivity contribution >= 4 is 23.0 Å². The molecule has 1 heterocycles. The number of benzene rings is 1. The van der Waals surface area contributed by atoms with Gasteiger partial charge in [-0.1, -0.05) is 0 Å². The minimum absolute atomic E-state index is 0.129. The molecule has 0 atom stereocenters. The van der Waals surface area contributed by atoms with Gasteiger partial charge < -0.3 is 15.4 Å². The zero-order valence-electron chi connectivity index (χ0n) is 11.9. The quantitative estimate of drug-likeness (QED) is 0.643. The van der Waals surface area contributed by atoms with Crippen LogP contribution < -0.4 is 15.4 Å².